The second kappa shape index (κ2) is 26.6. The average molecular weight is 1120 g/mol. The van der Waals surface area contributed by atoms with Crippen LogP contribution in [-0.2, 0) is 44.7 Å². The largest absolute Gasteiger partial charge is 0.490 e. The minimum absolute atomic E-state index is 0.0487. The molecule has 4 heterocycles. The maximum absolute atomic E-state index is 14.3. The standard InChI is InChI=1S/C56H78ClN9O11S/c1-32(35-17-19-37(20-18-35)48-33(2)59-31-78-48)60-51(72)43-27-40(68)28-65(43)53(74)49(55(4,5)6)63-46(70)16-11-10-13-36-14-12-15-44(47(36)57)76-30-38(21-24-45(58)69)61-50(71)42-23-22-39-25-26-64(34(3)67)29-41(52(73)66(39)42)62-54(75)77-56(7,8)9/h12,14-15,17-20,31-32,38-43,49,68H,10-11,13,16,21-30H2,1-9H3,(H2,58,69)(H,60,72)(H,61,71)(H,62,75)(H,63,70)/t32?,38?,39-,40-,41+,42+,43+,49?/m1/s1. The number of nitrogens with zero attached hydrogens (tertiary/aromatic N) is 4. The van der Waals surface area contributed by atoms with Gasteiger partial charge in [-0.05, 0) is 108 Å². The molecule has 0 aliphatic carbocycles. The molecule has 3 aliphatic rings. The van der Waals surface area contributed by atoms with Crippen LogP contribution in [-0.4, -0.2) is 146 Å². The van der Waals surface area contributed by atoms with Gasteiger partial charge in [-0.15, -0.1) is 11.3 Å². The van der Waals surface area contributed by atoms with Gasteiger partial charge in [0.15, 0.2) is 0 Å². The number of likely N-dealkylation sites (tertiary alicyclic amines) is 1. The summed E-state index contributed by atoms with van der Waals surface area (Å²) < 4.78 is 11.6. The van der Waals surface area contributed by atoms with E-state index >= 15 is 0 Å². The molecule has 20 nitrogen and oxygen atoms in total. The molecule has 0 radical (unpaired) electrons. The van der Waals surface area contributed by atoms with Crippen LogP contribution in [0.25, 0.3) is 10.4 Å². The third-order valence-electron chi connectivity index (χ3n) is 14.4. The predicted octanol–water partition coefficient (Wildman–Crippen LogP) is 5.49. The van der Waals surface area contributed by atoms with Crippen molar-refractivity contribution in [3.63, 3.8) is 0 Å². The molecule has 3 aromatic rings. The normalized spacial score (nSPS) is 20.8. The van der Waals surface area contributed by atoms with Gasteiger partial charge in [-0.3, -0.25) is 33.6 Å². The first kappa shape index (κ1) is 60.9. The summed E-state index contributed by atoms with van der Waals surface area (Å²) in [5.74, 6) is -2.69. The van der Waals surface area contributed by atoms with Gasteiger partial charge in [0.1, 0.15) is 42.1 Å². The molecule has 78 heavy (non-hydrogen) atoms. The molecule has 0 bridgehead atoms. The van der Waals surface area contributed by atoms with Gasteiger partial charge in [-0.25, -0.2) is 9.78 Å². The molecule has 8 amide bonds. The number of amides is 8. The lowest BCUT2D eigenvalue weighted by Crippen LogP contribution is -2.61. The van der Waals surface area contributed by atoms with Crippen LogP contribution < -0.4 is 31.7 Å². The number of benzene rings is 2. The monoisotopic (exact) mass is 1120 g/mol. The molecule has 3 unspecified atom stereocenters. The van der Waals surface area contributed by atoms with Crippen LogP contribution >= 0.6 is 22.9 Å². The second-order valence-electron chi connectivity index (χ2n) is 22.8. The van der Waals surface area contributed by atoms with Gasteiger partial charge in [0.25, 0.3) is 0 Å². The fraction of sp³-hybridized carbons (Fsp3) is 0.589. The zero-order valence-corrected chi connectivity index (χ0v) is 47.9. The summed E-state index contributed by atoms with van der Waals surface area (Å²) in [6, 6.07) is 7.67. The Morgan fingerprint density at radius 1 is 0.910 bits per heavy atom. The number of aryl methyl sites for hydroxylation is 2. The maximum Gasteiger partial charge on any atom is 0.408 e. The number of thiazole rings is 1. The Hall–Kier alpha value is -6.32. The van der Waals surface area contributed by atoms with Crippen LogP contribution in [0.5, 0.6) is 5.75 Å². The van der Waals surface area contributed by atoms with Crippen LogP contribution in [0.4, 0.5) is 4.79 Å². The fourth-order valence-corrected chi connectivity index (χ4v) is 11.3. The number of nitrogens with two attached hydrogens (primary N) is 1. The Labute approximate surface area is 466 Å². The Kier molecular flexibility index (Phi) is 20.7. The van der Waals surface area contributed by atoms with Gasteiger partial charge in [0, 0.05) is 45.3 Å². The molecule has 22 heteroatoms. The van der Waals surface area contributed by atoms with Crippen molar-refractivity contribution in [3.8, 4) is 16.2 Å². The van der Waals surface area contributed by atoms with Crippen molar-refractivity contribution < 1.29 is 52.9 Å². The molecule has 3 aliphatic heterocycles. The van der Waals surface area contributed by atoms with E-state index in [1.165, 1.54) is 21.6 Å². The topological polar surface area (TPSA) is 272 Å². The highest BCUT2D eigenvalue weighted by atomic mass is 35.5. The van der Waals surface area contributed by atoms with E-state index < -0.39 is 83.0 Å². The number of hydrogen-bond donors (Lipinski definition) is 6. The third-order valence-corrected chi connectivity index (χ3v) is 15.8. The first-order valence-corrected chi connectivity index (χ1v) is 28.1. The summed E-state index contributed by atoms with van der Waals surface area (Å²) in [5, 5.41) is 22.6. The molecule has 8 atom stereocenters. The number of aromatic nitrogens is 1. The van der Waals surface area contributed by atoms with Crippen molar-refractivity contribution in [2.45, 2.75) is 181 Å². The van der Waals surface area contributed by atoms with E-state index in [0.717, 1.165) is 27.3 Å². The summed E-state index contributed by atoms with van der Waals surface area (Å²) >= 11 is 8.45. The SMILES string of the molecule is CC(=O)N1CC[C@H]2CC[C@@H](C(=O)NC(CCC(N)=O)COc3cccc(CCCCC(=O)NC(C(=O)N4C[C@H](O)C[C@H]4C(=O)NC(C)c4ccc(-c5scnc5C)cc4)C(C)(C)C)c3Cl)N2C(=O)[C@@H](NC(=O)OC(C)(C)C)C1. The number of halogens is 1. The molecule has 1 aromatic heterocycles. The Morgan fingerprint density at radius 3 is 2.26 bits per heavy atom. The van der Waals surface area contributed by atoms with Crippen molar-refractivity contribution in [1.82, 2.24) is 41.0 Å². The van der Waals surface area contributed by atoms with E-state index in [2.05, 4.69) is 26.3 Å². The van der Waals surface area contributed by atoms with Crippen LogP contribution in [0.2, 0.25) is 5.02 Å². The lowest BCUT2D eigenvalue weighted by Gasteiger charge is -2.38. The number of aliphatic hydroxyl groups excluding tert-OH is 1. The van der Waals surface area contributed by atoms with Gasteiger partial charge in [0.2, 0.25) is 41.4 Å². The van der Waals surface area contributed by atoms with Gasteiger partial charge < -0.3 is 56.3 Å². The van der Waals surface area contributed by atoms with Gasteiger partial charge in [-0.1, -0.05) is 68.8 Å². The number of ether oxygens (including phenoxy) is 2. The number of nitrogens with one attached hydrogen (secondary N) is 4. The van der Waals surface area contributed by atoms with E-state index in [0.29, 0.717) is 55.8 Å². The number of aliphatic hydroxyl groups is 1. The molecule has 0 saturated carbocycles. The van der Waals surface area contributed by atoms with Crippen molar-refractivity contribution >= 4 is 70.4 Å². The highest BCUT2D eigenvalue weighted by Crippen LogP contribution is 2.33. The van der Waals surface area contributed by atoms with Gasteiger partial charge in [0.05, 0.1) is 45.8 Å². The molecule has 7 N–H and O–H groups in total. The van der Waals surface area contributed by atoms with E-state index in [4.69, 9.17) is 26.8 Å². The van der Waals surface area contributed by atoms with E-state index in [-0.39, 0.29) is 69.3 Å². The quantitative estimate of drug-likeness (QED) is 0.0767. The van der Waals surface area contributed by atoms with Crippen LogP contribution in [0.3, 0.4) is 0 Å². The Balaban J connectivity index is 1.02. The fourth-order valence-electron chi connectivity index (χ4n) is 10.2. The van der Waals surface area contributed by atoms with E-state index in [1.54, 1.807) is 49.8 Å². The second-order valence-corrected chi connectivity index (χ2v) is 24.0. The van der Waals surface area contributed by atoms with Gasteiger partial charge in [-0.2, -0.15) is 0 Å². The zero-order valence-electron chi connectivity index (χ0n) is 46.3. The highest BCUT2D eigenvalue weighted by molar-refractivity contribution is 7.13. The van der Waals surface area contributed by atoms with Crippen molar-refractivity contribution in [3.05, 3.63) is 69.8 Å². The maximum atomic E-state index is 14.3. The summed E-state index contributed by atoms with van der Waals surface area (Å²) in [4.78, 5) is 117. The van der Waals surface area contributed by atoms with Crippen molar-refractivity contribution in [1.29, 1.82) is 0 Å². The first-order chi connectivity index (χ1) is 36.7. The molecule has 3 fully saturated rings. The van der Waals surface area contributed by atoms with E-state index in [9.17, 15) is 43.5 Å². The number of primary amides is 1. The smallest absolute Gasteiger partial charge is 0.408 e. The minimum atomic E-state index is -1.17. The summed E-state index contributed by atoms with van der Waals surface area (Å²) in [5.41, 5.74) is 9.34. The zero-order chi connectivity index (χ0) is 57.2. The molecule has 3 saturated heterocycles. The lowest BCUT2D eigenvalue weighted by molar-refractivity contribution is -0.145. The summed E-state index contributed by atoms with van der Waals surface area (Å²) in [6.07, 6.45) is 1.20. The molecule has 2 aromatic carbocycles. The average Bonchev–Trinajstić information content (AvgIpc) is 4.13. The first-order valence-electron chi connectivity index (χ1n) is 26.9. The molecule has 6 rings (SSSR count). The summed E-state index contributed by atoms with van der Waals surface area (Å²) in [7, 11) is 0. The Bertz CT molecular complexity index is 2650. The summed E-state index contributed by atoms with van der Waals surface area (Å²) in [6.45, 7) is 15.9. The number of alkyl carbamates (subject to hydrolysis) is 1. The number of hydrogen-bond acceptors (Lipinski definition) is 13. The van der Waals surface area contributed by atoms with Crippen molar-refractivity contribution in [2.24, 2.45) is 11.1 Å². The number of fused-ring (bicyclic) bond motifs is 1. The third kappa shape index (κ3) is 16.4. The number of carbonyl (C=O) groups excluding carboxylic acids is 8. The number of unbranched alkanes of at least 4 members (excludes halogenated alkanes) is 1. The molecule has 0 spiro atoms. The van der Waals surface area contributed by atoms with E-state index in [1.807, 2.05) is 65.0 Å². The number of rotatable bonds is 20. The predicted molar refractivity (Wildman–Crippen MR) is 295 cm³/mol. The van der Waals surface area contributed by atoms with Crippen LogP contribution in [0.1, 0.15) is 136 Å². The molecular formula is C56H78ClN9O11S. The Morgan fingerprint density at radius 2 is 1.62 bits per heavy atom. The van der Waals surface area contributed by atoms with Crippen molar-refractivity contribution in [2.75, 3.05) is 26.2 Å². The van der Waals surface area contributed by atoms with Gasteiger partial charge >= 0.3 is 6.09 Å². The number of β-amino-alcohol motifs (C(OH)–C–C–N with tert-alkyl or cyclic N) is 1. The number of carbonyl (C=O) groups is 8. The lowest BCUT2D eigenvalue weighted by atomic mass is 9.85. The minimum Gasteiger partial charge on any atom is -0.490 e. The molecule has 426 valence electrons. The van der Waals surface area contributed by atoms with Crippen LogP contribution in [0.15, 0.2) is 48.0 Å². The highest BCUT2D eigenvalue weighted by Gasteiger charge is 2.47. The van der Waals surface area contributed by atoms with Crippen LogP contribution in [0, 0.1) is 12.3 Å². The molecular weight excluding hydrogens is 1040 g/mol.